The van der Waals surface area contributed by atoms with E-state index in [4.69, 9.17) is 18.9 Å². The van der Waals surface area contributed by atoms with E-state index in [0.29, 0.717) is 0 Å². The van der Waals surface area contributed by atoms with E-state index in [0.717, 1.165) is 48.7 Å². The molecule has 0 fully saturated rings. The summed E-state index contributed by atoms with van der Waals surface area (Å²) < 4.78 is 21.6. The van der Waals surface area contributed by atoms with Crippen molar-refractivity contribution in [1.82, 2.24) is 4.98 Å². The van der Waals surface area contributed by atoms with E-state index in [1.807, 2.05) is 48.5 Å². The largest absolute Gasteiger partial charge is 0.497 e. The van der Waals surface area contributed by atoms with Crippen LogP contribution in [0, 0.1) is 0 Å². The zero-order valence-electron chi connectivity index (χ0n) is 24.2. The Morgan fingerprint density at radius 3 is 0.854 bits per heavy atom. The van der Waals surface area contributed by atoms with Gasteiger partial charge in [-0.25, -0.2) is 0 Å². The molecular weight excluding hydrogens is 510 g/mol. The van der Waals surface area contributed by atoms with Crippen LogP contribution in [0.1, 0.15) is 44.8 Å². The van der Waals surface area contributed by atoms with Crippen molar-refractivity contribution in [2.45, 2.75) is 25.7 Å². The third-order valence-corrected chi connectivity index (χ3v) is 7.55. The minimum Gasteiger partial charge on any atom is -0.497 e. The van der Waals surface area contributed by atoms with Crippen molar-refractivity contribution < 1.29 is 18.9 Å². The Morgan fingerprint density at radius 1 is 0.366 bits per heavy atom. The minimum atomic E-state index is 0.799. The summed E-state index contributed by atoms with van der Waals surface area (Å²) in [6, 6.07) is 33.4. The van der Waals surface area contributed by atoms with Crippen LogP contribution in [0.15, 0.2) is 97.1 Å². The lowest BCUT2D eigenvalue weighted by Crippen LogP contribution is -2.01. The minimum absolute atomic E-state index is 0.799. The number of benzene rings is 4. The number of aromatic amines is 1. The van der Waals surface area contributed by atoms with Gasteiger partial charge < -0.3 is 23.9 Å². The zero-order chi connectivity index (χ0) is 28.6. The quantitative estimate of drug-likeness (QED) is 0.177. The number of ether oxygens (including phenoxy) is 4. The van der Waals surface area contributed by atoms with Crippen molar-refractivity contribution in [3.8, 4) is 23.0 Å². The maximum absolute atomic E-state index is 5.41. The molecule has 210 valence electrons. The van der Waals surface area contributed by atoms with Gasteiger partial charge in [0, 0.05) is 24.2 Å². The average Bonchev–Trinajstić information content (AvgIpc) is 3.32. The van der Waals surface area contributed by atoms with Crippen LogP contribution in [-0.4, -0.2) is 33.4 Å². The number of methoxy groups -OCH3 is 4. The fourth-order valence-electron chi connectivity index (χ4n) is 5.22. The molecule has 5 nitrogen and oxygen atoms in total. The van der Waals surface area contributed by atoms with E-state index in [1.165, 1.54) is 44.8 Å². The third-order valence-electron chi connectivity index (χ3n) is 7.55. The smallest absolute Gasteiger partial charge is 0.118 e. The number of hydrogen-bond donors (Lipinski definition) is 1. The molecule has 0 aliphatic rings. The first-order valence-electron chi connectivity index (χ1n) is 13.8. The Kier molecular flexibility index (Phi) is 8.95. The molecule has 41 heavy (non-hydrogen) atoms. The van der Waals surface area contributed by atoms with Gasteiger partial charge in [0.05, 0.1) is 28.4 Å². The fourth-order valence-corrected chi connectivity index (χ4v) is 5.22. The van der Waals surface area contributed by atoms with Gasteiger partial charge >= 0.3 is 0 Å². The molecule has 0 atom stereocenters. The first-order chi connectivity index (χ1) is 20.1. The van der Waals surface area contributed by atoms with Gasteiger partial charge in [-0.3, -0.25) is 0 Å². The van der Waals surface area contributed by atoms with Crippen LogP contribution in [0.5, 0.6) is 23.0 Å². The second kappa shape index (κ2) is 13.1. The molecule has 0 aliphatic carbocycles. The van der Waals surface area contributed by atoms with Gasteiger partial charge in [-0.2, -0.15) is 0 Å². The molecular formula is C36H37NO4. The summed E-state index contributed by atoms with van der Waals surface area (Å²) in [6.07, 6.45) is 3.24. The lowest BCUT2D eigenvalue weighted by atomic mass is 9.92. The maximum atomic E-state index is 5.41. The van der Waals surface area contributed by atoms with Crippen LogP contribution >= 0.6 is 0 Å². The summed E-state index contributed by atoms with van der Waals surface area (Å²) in [6.45, 7) is 0. The lowest BCUT2D eigenvalue weighted by Gasteiger charge is -2.12. The number of H-pyrrole nitrogens is 1. The van der Waals surface area contributed by atoms with Gasteiger partial charge in [0.1, 0.15) is 23.0 Å². The highest BCUT2D eigenvalue weighted by atomic mass is 16.5. The molecule has 0 bridgehead atoms. The second-order valence-electron chi connectivity index (χ2n) is 10.1. The van der Waals surface area contributed by atoms with Gasteiger partial charge in [-0.05, 0) is 94.8 Å². The maximum Gasteiger partial charge on any atom is 0.118 e. The Balaban J connectivity index is 1.58. The van der Waals surface area contributed by atoms with Crippen LogP contribution < -0.4 is 18.9 Å². The summed E-state index contributed by atoms with van der Waals surface area (Å²) >= 11 is 0. The van der Waals surface area contributed by atoms with Crippen molar-refractivity contribution in [3.63, 3.8) is 0 Å². The Labute approximate surface area is 242 Å². The normalized spacial score (nSPS) is 10.8. The Morgan fingerprint density at radius 2 is 0.610 bits per heavy atom. The fraction of sp³-hybridized carbons (Fsp3) is 0.222. The van der Waals surface area contributed by atoms with Crippen molar-refractivity contribution in [2.75, 3.05) is 28.4 Å². The Hall–Kier alpha value is -4.64. The predicted octanol–water partition coefficient (Wildman–Crippen LogP) is 7.41. The second-order valence-corrected chi connectivity index (χ2v) is 10.1. The SMILES string of the molecule is COc1ccc(Cc2[nH]c(Cc3ccc(OC)cc3)c(Cc3ccc(OC)cc3)c2Cc2ccc(OC)cc2)cc1. The number of aromatic nitrogens is 1. The van der Waals surface area contributed by atoms with Crippen LogP contribution in [0.3, 0.4) is 0 Å². The van der Waals surface area contributed by atoms with Crippen LogP contribution in [0.25, 0.3) is 0 Å². The lowest BCUT2D eigenvalue weighted by molar-refractivity contribution is 0.414. The molecule has 5 rings (SSSR count). The topological polar surface area (TPSA) is 52.7 Å². The van der Waals surface area contributed by atoms with E-state index >= 15 is 0 Å². The molecule has 0 spiro atoms. The summed E-state index contributed by atoms with van der Waals surface area (Å²) in [5.74, 6) is 3.44. The van der Waals surface area contributed by atoms with Gasteiger partial charge in [0.15, 0.2) is 0 Å². The van der Waals surface area contributed by atoms with Crippen LogP contribution in [-0.2, 0) is 25.7 Å². The van der Waals surface area contributed by atoms with E-state index < -0.39 is 0 Å². The van der Waals surface area contributed by atoms with Crippen molar-refractivity contribution in [3.05, 3.63) is 142 Å². The van der Waals surface area contributed by atoms with Gasteiger partial charge in [0.2, 0.25) is 0 Å². The van der Waals surface area contributed by atoms with Crippen molar-refractivity contribution >= 4 is 0 Å². The first-order valence-corrected chi connectivity index (χ1v) is 13.8. The van der Waals surface area contributed by atoms with Gasteiger partial charge in [0.25, 0.3) is 0 Å². The number of hydrogen-bond acceptors (Lipinski definition) is 4. The van der Waals surface area contributed by atoms with Crippen LogP contribution in [0.4, 0.5) is 0 Å². The third kappa shape index (κ3) is 6.93. The first kappa shape index (κ1) is 27.9. The molecule has 5 heteroatoms. The Bertz CT molecular complexity index is 1420. The van der Waals surface area contributed by atoms with Crippen LogP contribution in [0.2, 0.25) is 0 Å². The summed E-state index contributed by atoms with van der Waals surface area (Å²) in [5.41, 5.74) is 10.1. The molecule has 4 aromatic carbocycles. The van der Waals surface area contributed by atoms with Crippen molar-refractivity contribution in [1.29, 1.82) is 0 Å². The average molecular weight is 548 g/mol. The highest BCUT2D eigenvalue weighted by Crippen LogP contribution is 2.30. The number of rotatable bonds is 12. The molecule has 0 radical (unpaired) electrons. The molecule has 0 amide bonds. The monoisotopic (exact) mass is 547 g/mol. The van der Waals surface area contributed by atoms with Gasteiger partial charge in [-0.15, -0.1) is 0 Å². The number of nitrogens with one attached hydrogen (secondary N) is 1. The molecule has 1 N–H and O–H groups in total. The highest BCUT2D eigenvalue weighted by molar-refractivity contribution is 5.48. The zero-order valence-corrected chi connectivity index (χ0v) is 24.2. The van der Waals surface area contributed by atoms with Crippen molar-refractivity contribution in [2.24, 2.45) is 0 Å². The molecule has 0 saturated heterocycles. The molecule has 0 saturated carbocycles. The molecule has 1 heterocycles. The van der Waals surface area contributed by atoms with Gasteiger partial charge in [-0.1, -0.05) is 48.5 Å². The molecule has 1 aromatic heterocycles. The van der Waals surface area contributed by atoms with E-state index in [-0.39, 0.29) is 0 Å². The summed E-state index contributed by atoms with van der Waals surface area (Å²) in [4.78, 5) is 3.88. The highest BCUT2D eigenvalue weighted by Gasteiger charge is 2.19. The van der Waals surface area contributed by atoms with E-state index in [9.17, 15) is 0 Å². The van der Waals surface area contributed by atoms with E-state index in [1.54, 1.807) is 28.4 Å². The molecule has 0 aliphatic heterocycles. The molecule has 0 unspecified atom stereocenters. The summed E-state index contributed by atoms with van der Waals surface area (Å²) in [5, 5.41) is 0. The molecule has 5 aromatic rings. The standard InChI is InChI=1S/C36H37NO4/c1-38-29-13-5-25(6-14-29)21-33-34(22-26-7-15-30(39-2)16-8-26)36(24-28-11-19-32(41-4)20-12-28)37-35(33)23-27-9-17-31(40-3)18-10-27/h5-20,37H,21-24H2,1-4H3. The van der Waals surface area contributed by atoms with E-state index in [2.05, 4.69) is 53.5 Å². The predicted molar refractivity (Wildman–Crippen MR) is 164 cm³/mol. The summed E-state index contributed by atoms with van der Waals surface area (Å²) in [7, 11) is 6.80.